The molecule has 2 heterocycles. The van der Waals surface area contributed by atoms with E-state index < -0.39 is 0 Å². The van der Waals surface area contributed by atoms with Crippen molar-refractivity contribution in [3.63, 3.8) is 0 Å². The van der Waals surface area contributed by atoms with E-state index in [9.17, 15) is 0 Å². The third-order valence-electron chi connectivity index (χ3n) is 8.13. The summed E-state index contributed by atoms with van der Waals surface area (Å²) >= 11 is 0. The fourth-order valence-electron chi connectivity index (χ4n) is 6.16. The maximum atomic E-state index is 6.64. The second-order valence-corrected chi connectivity index (χ2v) is 10.9. The maximum Gasteiger partial charge on any atom is 0.167 e. The van der Waals surface area contributed by atoms with E-state index in [1.54, 1.807) is 0 Å². The lowest BCUT2D eigenvalue weighted by Gasteiger charge is -2.22. The molecule has 0 radical (unpaired) electrons. The van der Waals surface area contributed by atoms with E-state index >= 15 is 0 Å². The van der Waals surface area contributed by atoms with Gasteiger partial charge in [0.25, 0.3) is 0 Å². The van der Waals surface area contributed by atoms with Crippen LogP contribution in [0.15, 0.2) is 120 Å². The Morgan fingerprint density at radius 2 is 1.12 bits per heavy atom. The summed E-state index contributed by atoms with van der Waals surface area (Å²) in [6, 6.07) is 39.4. The van der Waals surface area contributed by atoms with Gasteiger partial charge >= 0.3 is 0 Å². The number of benzene rings is 5. The van der Waals surface area contributed by atoms with Crippen molar-refractivity contribution in [2.24, 2.45) is 0 Å². The van der Waals surface area contributed by atoms with Gasteiger partial charge in [-0.1, -0.05) is 117 Å². The molecule has 5 aromatic carbocycles. The van der Waals surface area contributed by atoms with Crippen molar-refractivity contribution >= 4 is 21.9 Å². The molecule has 0 spiro atoms. The van der Waals surface area contributed by atoms with Gasteiger partial charge in [-0.25, -0.2) is 15.0 Å². The van der Waals surface area contributed by atoms with Gasteiger partial charge < -0.3 is 4.42 Å². The Morgan fingerprint density at radius 3 is 1.82 bits per heavy atom. The summed E-state index contributed by atoms with van der Waals surface area (Å²) in [6.07, 6.45) is 0. The van der Waals surface area contributed by atoms with Gasteiger partial charge in [0, 0.05) is 27.3 Å². The van der Waals surface area contributed by atoms with Crippen LogP contribution in [0.5, 0.6) is 0 Å². The van der Waals surface area contributed by atoms with Crippen molar-refractivity contribution in [3.05, 3.63) is 126 Å². The van der Waals surface area contributed by atoms with Crippen LogP contribution in [0, 0.1) is 0 Å². The van der Waals surface area contributed by atoms with Crippen LogP contribution in [-0.2, 0) is 5.41 Å². The van der Waals surface area contributed by atoms with E-state index in [2.05, 4.69) is 56.3 Å². The lowest BCUT2D eigenvalue weighted by atomic mass is 9.81. The number of fused-ring (bicyclic) bond motifs is 7. The zero-order chi connectivity index (χ0) is 26.8. The molecular formula is C36H25N3O. The lowest BCUT2D eigenvalue weighted by molar-refractivity contribution is 0.657. The highest BCUT2D eigenvalue weighted by atomic mass is 16.3. The van der Waals surface area contributed by atoms with Gasteiger partial charge in [-0.05, 0) is 34.4 Å². The lowest BCUT2D eigenvalue weighted by Crippen LogP contribution is -2.15. The molecular weight excluding hydrogens is 490 g/mol. The van der Waals surface area contributed by atoms with E-state index in [4.69, 9.17) is 19.4 Å². The highest BCUT2D eigenvalue weighted by Gasteiger charge is 2.38. The Balaban J connectivity index is 1.49. The average Bonchev–Trinajstić information content (AvgIpc) is 3.50. The van der Waals surface area contributed by atoms with Crippen LogP contribution in [-0.4, -0.2) is 15.0 Å². The summed E-state index contributed by atoms with van der Waals surface area (Å²) in [6.45, 7) is 4.60. The van der Waals surface area contributed by atoms with Gasteiger partial charge in [-0.3, -0.25) is 0 Å². The first kappa shape index (κ1) is 22.9. The number of hydrogen-bond acceptors (Lipinski definition) is 4. The van der Waals surface area contributed by atoms with Crippen molar-refractivity contribution in [1.29, 1.82) is 0 Å². The summed E-state index contributed by atoms with van der Waals surface area (Å²) in [4.78, 5) is 15.0. The molecule has 4 heteroatoms. The number of hydrogen-bond donors (Lipinski definition) is 0. The molecule has 1 aliphatic carbocycles. The molecule has 0 bridgehead atoms. The van der Waals surface area contributed by atoms with Crippen molar-refractivity contribution < 1.29 is 4.42 Å². The van der Waals surface area contributed by atoms with Gasteiger partial charge in [0.05, 0.1) is 5.56 Å². The van der Waals surface area contributed by atoms with Crippen molar-refractivity contribution in [3.8, 4) is 45.3 Å². The molecule has 190 valence electrons. The Kier molecular flexibility index (Phi) is 4.83. The third kappa shape index (κ3) is 3.29. The van der Waals surface area contributed by atoms with Crippen LogP contribution in [0.1, 0.15) is 25.0 Å². The van der Waals surface area contributed by atoms with E-state index in [-0.39, 0.29) is 5.41 Å². The maximum absolute atomic E-state index is 6.64. The van der Waals surface area contributed by atoms with Crippen LogP contribution in [0.4, 0.5) is 0 Å². The SMILES string of the molecule is CC1(C)c2ccccc2-c2c1cc(-c1nc(-c3ccccc3)nc(-c3ccccc3)n1)c1oc3ccccc3c21. The molecule has 0 aliphatic heterocycles. The van der Waals surface area contributed by atoms with Gasteiger partial charge in [0.2, 0.25) is 0 Å². The van der Waals surface area contributed by atoms with E-state index in [1.165, 1.54) is 22.3 Å². The summed E-state index contributed by atoms with van der Waals surface area (Å²) in [5, 5.41) is 2.22. The standard InChI is InChI=1S/C36H25N3O/c1-36(2)27-19-11-9-17-24(27)30-28(36)21-26(32-31(30)25-18-10-12-20-29(25)40-32)35-38-33(22-13-5-3-6-14-22)37-34(39-35)23-15-7-4-8-16-23/h3-21H,1-2H3. The minimum Gasteiger partial charge on any atom is -0.455 e. The first-order chi connectivity index (χ1) is 19.6. The summed E-state index contributed by atoms with van der Waals surface area (Å²) in [5.41, 5.74) is 9.31. The zero-order valence-corrected chi connectivity index (χ0v) is 22.2. The molecule has 40 heavy (non-hydrogen) atoms. The molecule has 7 aromatic rings. The Morgan fingerprint density at radius 1 is 0.550 bits per heavy atom. The molecule has 0 atom stereocenters. The number of furan rings is 1. The van der Waals surface area contributed by atoms with Crippen molar-refractivity contribution in [2.75, 3.05) is 0 Å². The third-order valence-corrected chi connectivity index (χ3v) is 8.13. The molecule has 0 N–H and O–H groups in total. The smallest absolute Gasteiger partial charge is 0.167 e. The van der Waals surface area contributed by atoms with E-state index in [0.717, 1.165) is 38.6 Å². The molecule has 0 unspecified atom stereocenters. The number of aromatic nitrogens is 3. The molecule has 8 rings (SSSR count). The van der Waals surface area contributed by atoms with Crippen molar-refractivity contribution in [1.82, 2.24) is 15.0 Å². The van der Waals surface area contributed by atoms with Gasteiger partial charge in [-0.15, -0.1) is 0 Å². The molecule has 0 fully saturated rings. The summed E-state index contributed by atoms with van der Waals surface area (Å²) < 4.78 is 6.64. The first-order valence-electron chi connectivity index (χ1n) is 13.6. The van der Waals surface area contributed by atoms with Crippen LogP contribution >= 0.6 is 0 Å². The second-order valence-electron chi connectivity index (χ2n) is 10.9. The van der Waals surface area contributed by atoms with Crippen LogP contribution in [0.2, 0.25) is 0 Å². The van der Waals surface area contributed by atoms with Gasteiger partial charge in [-0.2, -0.15) is 0 Å². The number of rotatable bonds is 3. The number of nitrogens with zero attached hydrogens (tertiary/aromatic N) is 3. The Labute approximate surface area is 232 Å². The van der Waals surface area contributed by atoms with E-state index in [1.807, 2.05) is 72.8 Å². The Bertz CT molecular complexity index is 2020. The van der Waals surface area contributed by atoms with Crippen LogP contribution in [0.3, 0.4) is 0 Å². The monoisotopic (exact) mass is 515 g/mol. The fourth-order valence-corrected chi connectivity index (χ4v) is 6.16. The Hall–Kier alpha value is -5.09. The summed E-state index contributed by atoms with van der Waals surface area (Å²) in [5.74, 6) is 1.87. The average molecular weight is 516 g/mol. The summed E-state index contributed by atoms with van der Waals surface area (Å²) in [7, 11) is 0. The molecule has 0 amide bonds. The van der Waals surface area contributed by atoms with Gasteiger partial charge in [0.1, 0.15) is 11.2 Å². The number of para-hydroxylation sites is 1. The minimum absolute atomic E-state index is 0.190. The largest absolute Gasteiger partial charge is 0.455 e. The predicted molar refractivity (Wildman–Crippen MR) is 161 cm³/mol. The minimum atomic E-state index is -0.190. The molecule has 2 aromatic heterocycles. The molecule has 0 saturated heterocycles. The topological polar surface area (TPSA) is 51.8 Å². The molecule has 1 aliphatic rings. The predicted octanol–water partition coefficient (Wildman–Crippen LogP) is 9.08. The molecule has 4 nitrogen and oxygen atoms in total. The molecule has 0 saturated carbocycles. The second kappa shape index (κ2) is 8.45. The van der Waals surface area contributed by atoms with Gasteiger partial charge in [0.15, 0.2) is 17.5 Å². The van der Waals surface area contributed by atoms with Crippen molar-refractivity contribution in [2.45, 2.75) is 19.3 Å². The quantitative estimate of drug-likeness (QED) is 0.235. The fraction of sp³-hybridized carbons (Fsp3) is 0.0833. The first-order valence-corrected chi connectivity index (χ1v) is 13.6. The van der Waals surface area contributed by atoms with E-state index in [0.29, 0.717) is 17.5 Å². The normalized spacial score (nSPS) is 13.4. The highest BCUT2D eigenvalue weighted by molar-refractivity contribution is 6.18. The zero-order valence-electron chi connectivity index (χ0n) is 22.2. The van der Waals surface area contributed by atoms with Crippen LogP contribution in [0.25, 0.3) is 67.2 Å². The van der Waals surface area contributed by atoms with Crippen LogP contribution < -0.4 is 0 Å². The highest BCUT2D eigenvalue weighted by Crippen LogP contribution is 2.54.